The minimum atomic E-state index is -0.478. The van der Waals surface area contributed by atoms with E-state index in [2.05, 4.69) is 0 Å². The van der Waals surface area contributed by atoms with Gasteiger partial charge in [0.2, 0.25) is 11.8 Å². The Morgan fingerprint density at radius 3 is 2.52 bits per heavy atom. The highest BCUT2D eigenvalue weighted by atomic mass is 16.4. The second-order valence-corrected chi connectivity index (χ2v) is 7.14. The van der Waals surface area contributed by atoms with Gasteiger partial charge in [-0.3, -0.25) is 9.59 Å². The predicted molar refractivity (Wildman–Crippen MR) is 100 cm³/mol. The van der Waals surface area contributed by atoms with Crippen LogP contribution >= 0.6 is 0 Å². The molecule has 0 unspecified atom stereocenters. The molecule has 0 aliphatic carbocycles. The maximum atomic E-state index is 12.5. The second-order valence-electron chi connectivity index (χ2n) is 7.14. The number of likely N-dealkylation sites (tertiary alicyclic amines) is 1. The summed E-state index contributed by atoms with van der Waals surface area (Å²) in [6.45, 7) is 4.54. The molecule has 1 aromatic carbocycles. The summed E-state index contributed by atoms with van der Waals surface area (Å²) in [4.78, 5) is 37.8. The molecule has 1 saturated heterocycles. The first-order valence-electron chi connectivity index (χ1n) is 9.11. The molecule has 1 aromatic heterocycles. The van der Waals surface area contributed by atoms with Crippen LogP contribution in [-0.4, -0.2) is 34.9 Å². The number of fused-ring (bicyclic) bond motifs is 1. The maximum absolute atomic E-state index is 12.5. The number of carbonyl (C=O) groups excluding carboxylic acids is 2. The Hall–Kier alpha value is -2.83. The van der Waals surface area contributed by atoms with Crippen molar-refractivity contribution in [3.63, 3.8) is 0 Å². The molecule has 7 heteroatoms. The van der Waals surface area contributed by atoms with Gasteiger partial charge in [-0.2, -0.15) is 0 Å². The average molecular weight is 372 g/mol. The number of hydrogen-bond donors (Lipinski definition) is 2. The van der Waals surface area contributed by atoms with Crippen molar-refractivity contribution in [1.82, 2.24) is 4.90 Å². The first-order valence-corrected chi connectivity index (χ1v) is 9.11. The van der Waals surface area contributed by atoms with E-state index >= 15 is 0 Å². The molecule has 1 aliphatic rings. The van der Waals surface area contributed by atoms with Crippen molar-refractivity contribution in [3.05, 3.63) is 39.2 Å². The highest BCUT2D eigenvalue weighted by Crippen LogP contribution is 2.28. The van der Waals surface area contributed by atoms with E-state index in [1.54, 1.807) is 24.0 Å². The Labute approximate surface area is 156 Å². The van der Waals surface area contributed by atoms with Crippen molar-refractivity contribution in [2.24, 2.45) is 11.7 Å². The largest absolute Gasteiger partial charge is 0.508 e. The van der Waals surface area contributed by atoms with Crippen molar-refractivity contribution in [1.29, 1.82) is 0 Å². The normalized spacial score (nSPS) is 15.3. The van der Waals surface area contributed by atoms with Gasteiger partial charge >= 0.3 is 5.63 Å². The van der Waals surface area contributed by atoms with Crippen molar-refractivity contribution < 1.29 is 19.1 Å². The van der Waals surface area contributed by atoms with Crippen LogP contribution in [0.3, 0.4) is 0 Å². The van der Waals surface area contributed by atoms with Gasteiger partial charge in [-0.25, -0.2) is 4.79 Å². The lowest BCUT2D eigenvalue weighted by atomic mass is 9.95. The number of nitrogens with zero attached hydrogens (tertiary/aromatic N) is 1. The molecular weight excluding hydrogens is 348 g/mol. The van der Waals surface area contributed by atoms with E-state index < -0.39 is 5.63 Å². The molecule has 2 aromatic rings. The van der Waals surface area contributed by atoms with Crippen LogP contribution < -0.4 is 11.4 Å². The molecule has 1 fully saturated rings. The fourth-order valence-electron chi connectivity index (χ4n) is 3.67. The van der Waals surface area contributed by atoms with Gasteiger partial charge in [0.15, 0.2) is 0 Å². The Morgan fingerprint density at radius 1 is 1.22 bits per heavy atom. The number of carbonyl (C=O) groups is 2. The number of primary amides is 1. The molecule has 2 heterocycles. The zero-order valence-electron chi connectivity index (χ0n) is 15.6. The molecule has 27 heavy (non-hydrogen) atoms. The van der Waals surface area contributed by atoms with Crippen LogP contribution in [-0.2, 0) is 16.0 Å². The summed E-state index contributed by atoms with van der Waals surface area (Å²) in [6, 6.07) is 3.29. The van der Waals surface area contributed by atoms with Crippen LogP contribution in [0.15, 0.2) is 21.3 Å². The smallest absolute Gasteiger partial charge is 0.339 e. The number of nitrogens with two attached hydrogens (primary N) is 1. The first kappa shape index (κ1) is 18.9. The number of hydrogen-bond acceptors (Lipinski definition) is 5. The van der Waals surface area contributed by atoms with E-state index in [1.807, 2.05) is 6.92 Å². The summed E-state index contributed by atoms with van der Waals surface area (Å²) in [5.74, 6) is -0.442. The summed E-state index contributed by atoms with van der Waals surface area (Å²) < 4.78 is 5.41. The lowest BCUT2D eigenvalue weighted by molar-refractivity contribution is -0.134. The Kier molecular flexibility index (Phi) is 5.21. The molecule has 2 amide bonds. The standard InChI is InChI=1S/C20H24N2O5/c1-11-14-3-5-16(23)12(2)18(14)27-20(26)15(11)4-6-17(24)22-9-7-13(8-10-22)19(21)25/h3,5,13,23H,4,6-10H2,1-2H3,(H2,21,25). The van der Waals surface area contributed by atoms with E-state index in [4.69, 9.17) is 10.2 Å². The number of rotatable bonds is 4. The van der Waals surface area contributed by atoms with E-state index in [0.29, 0.717) is 49.1 Å². The molecule has 0 saturated carbocycles. The Bertz CT molecular complexity index is 955. The van der Waals surface area contributed by atoms with Crippen LogP contribution in [0, 0.1) is 19.8 Å². The molecule has 1 aliphatic heterocycles. The van der Waals surface area contributed by atoms with Gasteiger partial charge in [0.05, 0.1) is 0 Å². The summed E-state index contributed by atoms with van der Waals surface area (Å²) in [7, 11) is 0. The van der Waals surface area contributed by atoms with Crippen LogP contribution in [0.4, 0.5) is 0 Å². The van der Waals surface area contributed by atoms with Gasteiger partial charge in [0.1, 0.15) is 11.3 Å². The molecular formula is C20H24N2O5. The number of phenols is 1. The van der Waals surface area contributed by atoms with Gasteiger partial charge in [-0.05, 0) is 50.8 Å². The third-order valence-electron chi connectivity index (χ3n) is 5.51. The number of benzene rings is 1. The lowest BCUT2D eigenvalue weighted by Gasteiger charge is -2.30. The van der Waals surface area contributed by atoms with Gasteiger partial charge in [0, 0.05) is 41.9 Å². The zero-order valence-corrected chi connectivity index (χ0v) is 15.6. The number of phenolic OH excluding ortho intramolecular Hbond substituents is 1. The zero-order chi connectivity index (χ0) is 19.7. The van der Waals surface area contributed by atoms with Crippen LogP contribution in [0.2, 0.25) is 0 Å². The topological polar surface area (TPSA) is 114 Å². The van der Waals surface area contributed by atoms with Crippen LogP contribution in [0.1, 0.15) is 36.0 Å². The lowest BCUT2D eigenvalue weighted by Crippen LogP contribution is -2.41. The number of aromatic hydroxyl groups is 1. The highest BCUT2D eigenvalue weighted by Gasteiger charge is 2.26. The van der Waals surface area contributed by atoms with Crippen molar-refractivity contribution >= 4 is 22.8 Å². The van der Waals surface area contributed by atoms with Crippen LogP contribution in [0.5, 0.6) is 5.75 Å². The summed E-state index contributed by atoms with van der Waals surface area (Å²) in [5.41, 5.74) is 6.99. The molecule has 0 atom stereocenters. The average Bonchev–Trinajstić information content (AvgIpc) is 2.64. The predicted octanol–water partition coefficient (Wildman–Crippen LogP) is 1.77. The van der Waals surface area contributed by atoms with Gasteiger partial charge in [0.25, 0.3) is 0 Å². The third kappa shape index (κ3) is 3.67. The van der Waals surface area contributed by atoms with E-state index in [-0.39, 0.29) is 29.9 Å². The van der Waals surface area contributed by atoms with Crippen molar-refractivity contribution in [2.75, 3.05) is 13.1 Å². The van der Waals surface area contributed by atoms with Crippen LogP contribution in [0.25, 0.3) is 11.0 Å². The number of piperidine rings is 1. The fraction of sp³-hybridized carbons (Fsp3) is 0.450. The van der Waals surface area contributed by atoms with E-state index in [1.165, 1.54) is 0 Å². The minimum Gasteiger partial charge on any atom is -0.508 e. The molecule has 0 spiro atoms. The molecule has 7 nitrogen and oxygen atoms in total. The third-order valence-corrected chi connectivity index (χ3v) is 5.51. The molecule has 144 valence electrons. The second kappa shape index (κ2) is 7.42. The monoisotopic (exact) mass is 372 g/mol. The molecule has 0 bridgehead atoms. The summed E-state index contributed by atoms with van der Waals surface area (Å²) >= 11 is 0. The number of amides is 2. The van der Waals surface area contributed by atoms with Crippen molar-refractivity contribution in [3.8, 4) is 5.75 Å². The summed E-state index contributed by atoms with van der Waals surface area (Å²) in [5, 5.41) is 10.6. The quantitative estimate of drug-likeness (QED) is 0.794. The highest BCUT2D eigenvalue weighted by molar-refractivity contribution is 5.85. The van der Waals surface area contributed by atoms with E-state index in [9.17, 15) is 19.5 Å². The summed E-state index contributed by atoms with van der Waals surface area (Å²) in [6.07, 6.45) is 1.66. The minimum absolute atomic E-state index is 0.0429. The number of aryl methyl sites for hydroxylation is 2. The fourth-order valence-corrected chi connectivity index (χ4v) is 3.67. The molecule has 3 N–H and O–H groups in total. The van der Waals surface area contributed by atoms with Gasteiger partial charge in [-0.15, -0.1) is 0 Å². The Balaban J connectivity index is 1.74. The van der Waals surface area contributed by atoms with Gasteiger partial charge < -0.3 is 20.2 Å². The molecule has 3 rings (SSSR count). The first-order chi connectivity index (χ1) is 12.8. The Morgan fingerprint density at radius 2 is 1.89 bits per heavy atom. The SMILES string of the molecule is Cc1c(CCC(=O)N2CCC(C(N)=O)CC2)c(=O)oc2c(C)c(O)ccc12. The van der Waals surface area contributed by atoms with Gasteiger partial charge in [-0.1, -0.05) is 0 Å². The maximum Gasteiger partial charge on any atom is 0.339 e. The van der Waals surface area contributed by atoms with E-state index in [0.717, 1.165) is 10.9 Å². The molecule has 0 radical (unpaired) electrons. The van der Waals surface area contributed by atoms with Crippen molar-refractivity contribution in [2.45, 2.75) is 39.5 Å².